The smallest absolute Gasteiger partial charge is 0.197 e. The van der Waals surface area contributed by atoms with Crippen molar-refractivity contribution < 1.29 is 4.74 Å². The van der Waals surface area contributed by atoms with Gasteiger partial charge in [0.25, 0.3) is 0 Å². The Morgan fingerprint density at radius 2 is 1.63 bits per heavy atom. The molecule has 148 valence electrons. The van der Waals surface area contributed by atoms with Crippen LogP contribution in [-0.2, 0) is 0 Å². The van der Waals surface area contributed by atoms with Crippen LogP contribution >= 0.6 is 23.4 Å². The molecule has 0 saturated heterocycles. The standard InChI is InChI=1S/C23H17ClN4OS/c24-17-10-12-18(13-11-17)29-14-15-30-23-27-26-22-19-8-4-5-9-20(19)25-21(28(22)23)16-6-2-1-3-7-16/h1-13H,14-15H2. The van der Waals surface area contributed by atoms with E-state index in [0.29, 0.717) is 11.6 Å². The maximum atomic E-state index is 5.92. The number of benzene rings is 3. The topological polar surface area (TPSA) is 52.3 Å². The molecular formula is C23H17ClN4OS. The second-order valence-corrected chi connectivity index (χ2v) is 8.11. The molecule has 0 saturated carbocycles. The Morgan fingerprint density at radius 3 is 2.47 bits per heavy atom. The highest BCUT2D eigenvalue weighted by Gasteiger charge is 2.16. The summed E-state index contributed by atoms with van der Waals surface area (Å²) in [5, 5.41) is 11.4. The van der Waals surface area contributed by atoms with E-state index in [4.69, 9.17) is 21.3 Å². The van der Waals surface area contributed by atoms with Gasteiger partial charge in [0.05, 0.1) is 12.1 Å². The molecule has 0 aliphatic rings. The van der Waals surface area contributed by atoms with Crippen molar-refractivity contribution in [1.29, 1.82) is 0 Å². The highest BCUT2D eigenvalue weighted by atomic mass is 35.5. The average Bonchev–Trinajstić information content (AvgIpc) is 3.22. The largest absolute Gasteiger partial charge is 0.493 e. The third-order valence-corrected chi connectivity index (χ3v) is 5.79. The number of hydrogen-bond donors (Lipinski definition) is 0. The number of para-hydroxylation sites is 1. The lowest BCUT2D eigenvalue weighted by Crippen LogP contribution is -2.03. The minimum atomic E-state index is 0.545. The normalized spacial score (nSPS) is 11.2. The van der Waals surface area contributed by atoms with Crippen molar-refractivity contribution >= 4 is 39.9 Å². The fourth-order valence-corrected chi connectivity index (χ4v) is 4.13. The molecule has 5 nitrogen and oxygen atoms in total. The van der Waals surface area contributed by atoms with Crippen molar-refractivity contribution in [3.8, 4) is 17.1 Å². The van der Waals surface area contributed by atoms with Crippen molar-refractivity contribution in [2.45, 2.75) is 5.16 Å². The van der Waals surface area contributed by atoms with E-state index >= 15 is 0 Å². The second-order valence-electron chi connectivity index (χ2n) is 6.61. The van der Waals surface area contributed by atoms with Crippen LogP contribution in [0.3, 0.4) is 0 Å². The van der Waals surface area contributed by atoms with Crippen LogP contribution in [0.4, 0.5) is 0 Å². The first-order valence-electron chi connectivity index (χ1n) is 9.50. The molecule has 0 bridgehead atoms. The van der Waals surface area contributed by atoms with Crippen LogP contribution < -0.4 is 4.74 Å². The first kappa shape index (κ1) is 18.9. The SMILES string of the molecule is Clc1ccc(OCCSc2nnc3c4ccccc4nc(-c4ccccc4)n23)cc1. The van der Waals surface area contributed by atoms with Gasteiger partial charge in [-0.2, -0.15) is 0 Å². The van der Waals surface area contributed by atoms with E-state index in [1.165, 1.54) is 0 Å². The summed E-state index contributed by atoms with van der Waals surface area (Å²) < 4.78 is 7.84. The van der Waals surface area contributed by atoms with Crippen LogP contribution in [0.5, 0.6) is 5.75 Å². The monoisotopic (exact) mass is 432 g/mol. The molecule has 0 aliphatic carbocycles. The van der Waals surface area contributed by atoms with Crippen molar-refractivity contribution in [3.63, 3.8) is 0 Å². The maximum absolute atomic E-state index is 5.92. The molecule has 5 aromatic rings. The minimum Gasteiger partial charge on any atom is -0.493 e. The molecule has 7 heteroatoms. The van der Waals surface area contributed by atoms with Crippen molar-refractivity contribution in [1.82, 2.24) is 19.6 Å². The van der Waals surface area contributed by atoms with Gasteiger partial charge in [-0.05, 0) is 36.4 Å². The van der Waals surface area contributed by atoms with Gasteiger partial charge in [-0.15, -0.1) is 10.2 Å². The average molecular weight is 433 g/mol. The molecule has 0 atom stereocenters. The fraction of sp³-hybridized carbons (Fsp3) is 0.0870. The molecule has 2 aromatic heterocycles. The third kappa shape index (κ3) is 3.72. The number of thioether (sulfide) groups is 1. The quantitative estimate of drug-likeness (QED) is 0.252. The first-order valence-corrected chi connectivity index (χ1v) is 10.9. The van der Waals surface area contributed by atoms with Gasteiger partial charge < -0.3 is 4.74 Å². The van der Waals surface area contributed by atoms with Gasteiger partial charge >= 0.3 is 0 Å². The molecule has 2 heterocycles. The Kier molecular flexibility index (Phi) is 5.26. The Bertz CT molecular complexity index is 1310. The molecule has 0 aliphatic heterocycles. The summed E-state index contributed by atoms with van der Waals surface area (Å²) in [5.41, 5.74) is 2.73. The summed E-state index contributed by atoms with van der Waals surface area (Å²) >= 11 is 7.51. The Balaban J connectivity index is 1.46. The Labute approximate surface area is 182 Å². The van der Waals surface area contributed by atoms with Crippen LogP contribution in [0.1, 0.15) is 0 Å². The Morgan fingerprint density at radius 1 is 0.867 bits per heavy atom. The summed E-state index contributed by atoms with van der Waals surface area (Å²) in [7, 11) is 0. The molecule has 5 rings (SSSR count). The van der Waals surface area contributed by atoms with E-state index in [1.807, 2.05) is 71.1 Å². The number of halogens is 1. The third-order valence-electron chi connectivity index (χ3n) is 4.65. The summed E-state index contributed by atoms with van der Waals surface area (Å²) in [6, 6.07) is 25.5. The number of hydrogen-bond acceptors (Lipinski definition) is 5. The summed E-state index contributed by atoms with van der Waals surface area (Å²) in [4.78, 5) is 4.92. The molecule has 0 fully saturated rings. The van der Waals surface area contributed by atoms with E-state index in [0.717, 1.165) is 44.6 Å². The molecule has 0 spiro atoms. The number of rotatable bonds is 6. The summed E-state index contributed by atoms with van der Waals surface area (Å²) in [6.07, 6.45) is 0. The molecule has 0 N–H and O–H groups in total. The van der Waals surface area contributed by atoms with Gasteiger partial charge in [0.1, 0.15) is 11.6 Å². The van der Waals surface area contributed by atoms with Crippen molar-refractivity contribution in [3.05, 3.63) is 83.9 Å². The molecule has 3 aromatic carbocycles. The van der Waals surface area contributed by atoms with Crippen LogP contribution in [0, 0.1) is 0 Å². The summed E-state index contributed by atoms with van der Waals surface area (Å²) in [5.74, 6) is 2.35. The van der Waals surface area contributed by atoms with Gasteiger partial charge in [-0.1, -0.05) is 65.8 Å². The lowest BCUT2D eigenvalue weighted by Gasteiger charge is -2.10. The number of nitrogens with zero attached hydrogens (tertiary/aromatic N) is 4. The first-order chi connectivity index (χ1) is 14.8. The zero-order chi connectivity index (χ0) is 20.3. The highest BCUT2D eigenvalue weighted by Crippen LogP contribution is 2.29. The molecule has 30 heavy (non-hydrogen) atoms. The van der Waals surface area contributed by atoms with E-state index in [1.54, 1.807) is 11.8 Å². The minimum absolute atomic E-state index is 0.545. The van der Waals surface area contributed by atoms with Gasteiger partial charge in [0.2, 0.25) is 0 Å². The molecule has 0 radical (unpaired) electrons. The molecule has 0 unspecified atom stereocenters. The van der Waals surface area contributed by atoms with E-state index in [-0.39, 0.29) is 0 Å². The van der Waals surface area contributed by atoms with Crippen LogP contribution in [0.25, 0.3) is 27.9 Å². The lowest BCUT2D eigenvalue weighted by molar-refractivity contribution is 0.344. The zero-order valence-electron chi connectivity index (χ0n) is 15.9. The Hall–Kier alpha value is -3.09. The van der Waals surface area contributed by atoms with Gasteiger partial charge in [-0.3, -0.25) is 4.40 Å². The van der Waals surface area contributed by atoms with Gasteiger partial charge in [-0.25, -0.2) is 4.98 Å². The predicted octanol–water partition coefficient (Wildman–Crippen LogP) is 5.77. The predicted molar refractivity (Wildman–Crippen MR) is 121 cm³/mol. The molecule has 0 amide bonds. The maximum Gasteiger partial charge on any atom is 0.197 e. The number of ether oxygens (including phenoxy) is 1. The van der Waals surface area contributed by atoms with Crippen molar-refractivity contribution in [2.24, 2.45) is 0 Å². The van der Waals surface area contributed by atoms with Gasteiger partial charge in [0, 0.05) is 21.7 Å². The second kappa shape index (κ2) is 8.34. The van der Waals surface area contributed by atoms with E-state index < -0.39 is 0 Å². The van der Waals surface area contributed by atoms with Gasteiger partial charge in [0.15, 0.2) is 10.8 Å². The summed E-state index contributed by atoms with van der Waals surface area (Å²) in [6.45, 7) is 0.545. The van der Waals surface area contributed by atoms with E-state index in [9.17, 15) is 0 Å². The fourth-order valence-electron chi connectivity index (χ4n) is 3.26. The van der Waals surface area contributed by atoms with Crippen LogP contribution in [-0.4, -0.2) is 31.9 Å². The number of fused-ring (bicyclic) bond motifs is 3. The van der Waals surface area contributed by atoms with E-state index in [2.05, 4.69) is 22.3 Å². The zero-order valence-corrected chi connectivity index (χ0v) is 17.5. The lowest BCUT2D eigenvalue weighted by atomic mass is 10.2. The van der Waals surface area contributed by atoms with Crippen LogP contribution in [0.15, 0.2) is 84.0 Å². The van der Waals surface area contributed by atoms with Crippen LogP contribution in [0.2, 0.25) is 5.02 Å². The number of aromatic nitrogens is 4. The highest BCUT2D eigenvalue weighted by molar-refractivity contribution is 7.99. The van der Waals surface area contributed by atoms with Crippen molar-refractivity contribution in [2.75, 3.05) is 12.4 Å². The molecular weight excluding hydrogens is 416 g/mol.